The van der Waals surface area contributed by atoms with Gasteiger partial charge in [-0.25, -0.2) is 0 Å². The first kappa shape index (κ1) is 16.9. The molecule has 1 N–H and O–H groups in total. The zero-order valence-corrected chi connectivity index (χ0v) is 14.7. The van der Waals surface area contributed by atoms with Gasteiger partial charge in [-0.2, -0.15) is 0 Å². The van der Waals surface area contributed by atoms with E-state index in [2.05, 4.69) is 72.9 Å². The fraction of sp³-hybridized carbons (Fsp3) is 0.625. The molecule has 108 valence electrons. The van der Waals surface area contributed by atoms with Gasteiger partial charge in [-0.15, -0.1) is 0 Å². The molecule has 0 aliphatic rings. The van der Waals surface area contributed by atoms with Crippen LogP contribution in [0.4, 0.5) is 0 Å². The minimum Gasteiger partial charge on any atom is -0.377 e. The molecule has 1 aromatic carbocycles. The summed E-state index contributed by atoms with van der Waals surface area (Å²) >= 11 is 2.34. The van der Waals surface area contributed by atoms with E-state index in [0.717, 1.165) is 25.8 Å². The van der Waals surface area contributed by atoms with Crippen molar-refractivity contribution in [2.45, 2.75) is 51.7 Å². The number of benzene rings is 1. The first-order valence-corrected chi connectivity index (χ1v) is 8.22. The Kier molecular flexibility index (Phi) is 7.32. The molecule has 0 heterocycles. The number of halogens is 1. The number of likely N-dealkylation sites (N-methyl/N-ethyl adjacent to an activating group) is 1. The summed E-state index contributed by atoms with van der Waals surface area (Å²) in [6, 6.07) is 9.14. The molecule has 3 heteroatoms. The fourth-order valence-corrected chi connectivity index (χ4v) is 3.08. The Balaban J connectivity index is 2.90. The lowest BCUT2D eigenvalue weighted by Crippen LogP contribution is -2.52. The van der Waals surface area contributed by atoms with E-state index in [1.54, 1.807) is 0 Å². The van der Waals surface area contributed by atoms with E-state index in [4.69, 9.17) is 4.74 Å². The summed E-state index contributed by atoms with van der Waals surface area (Å²) in [6.45, 7) is 7.56. The van der Waals surface area contributed by atoms with Crippen molar-refractivity contribution < 1.29 is 4.74 Å². The Labute approximate surface area is 131 Å². The molecule has 0 aliphatic carbocycles. The molecule has 0 fully saturated rings. The number of hydrogen-bond donors (Lipinski definition) is 1. The summed E-state index contributed by atoms with van der Waals surface area (Å²) in [7, 11) is 1.84. The first-order chi connectivity index (χ1) is 9.11. The molecule has 0 aromatic heterocycles. The van der Waals surface area contributed by atoms with Crippen molar-refractivity contribution in [2.24, 2.45) is 0 Å². The molecule has 0 aliphatic heterocycles. The van der Waals surface area contributed by atoms with E-state index >= 15 is 0 Å². The van der Waals surface area contributed by atoms with Crippen LogP contribution in [0.3, 0.4) is 0 Å². The van der Waals surface area contributed by atoms with E-state index in [-0.39, 0.29) is 5.60 Å². The minimum atomic E-state index is -0.0704. The maximum Gasteiger partial charge on any atom is 0.0828 e. The maximum absolute atomic E-state index is 5.88. The van der Waals surface area contributed by atoms with Crippen molar-refractivity contribution >= 4 is 22.6 Å². The Morgan fingerprint density at radius 1 is 1.16 bits per heavy atom. The Morgan fingerprint density at radius 2 is 1.74 bits per heavy atom. The van der Waals surface area contributed by atoms with Crippen LogP contribution in [-0.2, 0) is 11.2 Å². The summed E-state index contributed by atoms with van der Waals surface area (Å²) < 4.78 is 7.17. The normalized spacial score (nSPS) is 13.5. The molecular weight excluding hydrogens is 349 g/mol. The third kappa shape index (κ3) is 4.43. The van der Waals surface area contributed by atoms with Crippen LogP contribution in [0.15, 0.2) is 24.3 Å². The summed E-state index contributed by atoms with van der Waals surface area (Å²) in [5.41, 5.74) is 1.30. The molecule has 0 spiro atoms. The van der Waals surface area contributed by atoms with Crippen molar-refractivity contribution in [3.8, 4) is 0 Å². The van der Waals surface area contributed by atoms with Gasteiger partial charge in [-0.3, -0.25) is 0 Å². The summed E-state index contributed by atoms with van der Waals surface area (Å²) in [5.74, 6) is 0. The van der Waals surface area contributed by atoms with Crippen LogP contribution in [0.5, 0.6) is 0 Å². The van der Waals surface area contributed by atoms with E-state index in [1.165, 1.54) is 9.13 Å². The lowest BCUT2D eigenvalue weighted by molar-refractivity contribution is -0.0468. The molecule has 0 bridgehead atoms. The van der Waals surface area contributed by atoms with Gasteiger partial charge in [0.05, 0.1) is 5.60 Å². The van der Waals surface area contributed by atoms with E-state index in [1.807, 2.05) is 7.11 Å². The fourth-order valence-electron chi connectivity index (χ4n) is 2.72. The predicted molar refractivity (Wildman–Crippen MR) is 90.6 cm³/mol. The lowest BCUT2D eigenvalue weighted by atomic mass is 9.84. The third-order valence-corrected chi connectivity index (χ3v) is 4.76. The molecule has 0 amide bonds. The quantitative estimate of drug-likeness (QED) is 0.693. The average molecular weight is 375 g/mol. The van der Waals surface area contributed by atoms with Crippen LogP contribution in [0.2, 0.25) is 0 Å². The largest absolute Gasteiger partial charge is 0.377 e. The smallest absolute Gasteiger partial charge is 0.0828 e. The number of rotatable bonds is 8. The van der Waals surface area contributed by atoms with Crippen LogP contribution < -0.4 is 5.32 Å². The van der Waals surface area contributed by atoms with Crippen molar-refractivity contribution in [1.82, 2.24) is 5.32 Å². The Morgan fingerprint density at radius 3 is 2.16 bits per heavy atom. The Hall–Kier alpha value is -0.130. The molecular formula is C16H26INO. The topological polar surface area (TPSA) is 21.3 Å². The number of methoxy groups -OCH3 is 1. The highest BCUT2D eigenvalue weighted by Crippen LogP contribution is 2.26. The standard InChI is InChI=1S/C16H26INO/c1-5-16(6-2,19-4)15(18-7-3)12-13-8-10-14(17)11-9-13/h8-11,15,18H,5-7,12H2,1-4H3. The van der Waals surface area contributed by atoms with Gasteiger partial charge < -0.3 is 10.1 Å². The zero-order chi connectivity index (χ0) is 14.3. The van der Waals surface area contributed by atoms with Gasteiger partial charge in [-0.05, 0) is 66.1 Å². The van der Waals surface area contributed by atoms with Gasteiger partial charge in [0.25, 0.3) is 0 Å². The van der Waals surface area contributed by atoms with Gasteiger partial charge >= 0.3 is 0 Å². The third-order valence-electron chi connectivity index (χ3n) is 4.04. The number of hydrogen-bond acceptors (Lipinski definition) is 2. The van der Waals surface area contributed by atoms with Crippen LogP contribution in [0, 0.1) is 3.57 Å². The van der Waals surface area contributed by atoms with Gasteiger partial charge in [0.2, 0.25) is 0 Å². The second-order valence-electron chi connectivity index (χ2n) is 4.92. The second-order valence-corrected chi connectivity index (χ2v) is 6.16. The predicted octanol–water partition coefficient (Wildman–Crippen LogP) is 4.02. The monoisotopic (exact) mass is 375 g/mol. The molecule has 19 heavy (non-hydrogen) atoms. The Bertz CT molecular complexity index is 351. The zero-order valence-electron chi connectivity index (χ0n) is 12.5. The van der Waals surface area contributed by atoms with Gasteiger partial charge in [0.1, 0.15) is 0 Å². The highest BCUT2D eigenvalue weighted by molar-refractivity contribution is 14.1. The molecule has 1 aromatic rings. The van der Waals surface area contributed by atoms with Crippen LogP contribution in [-0.4, -0.2) is 25.3 Å². The first-order valence-electron chi connectivity index (χ1n) is 7.14. The van der Waals surface area contributed by atoms with Crippen LogP contribution >= 0.6 is 22.6 Å². The molecule has 0 radical (unpaired) electrons. The maximum atomic E-state index is 5.88. The summed E-state index contributed by atoms with van der Waals surface area (Å²) in [6.07, 6.45) is 3.07. The molecule has 0 saturated heterocycles. The van der Waals surface area contributed by atoms with Crippen molar-refractivity contribution in [1.29, 1.82) is 0 Å². The van der Waals surface area contributed by atoms with Gasteiger partial charge in [0.15, 0.2) is 0 Å². The van der Waals surface area contributed by atoms with Crippen molar-refractivity contribution in [3.05, 3.63) is 33.4 Å². The highest BCUT2D eigenvalue weighted by Gasteiger charge is 2.35. The van der Waals surface area contributed by atoms with E-state index in [0.29, 0.717) is 6.04 Å². The van der Waals surface area contributed by atoms with Crippen molar-refractivity contribution in [2.75, 3.05) is 13.7 Å². The highest BCUT2D eigenvalue weighted by atomic mass is 127. The van der Waals surface area contributed by atoms with Gasteiger partial charge in [-0.1, -0.05) is 32.9 Å². The number of nitrogens with one attached hydrogen (secondary N) is 1. The van der Waals surface area contributed by atoms with Gasteiger partial charge in [0, 0.05) is 16.7 Å². The lowest BCUT2D eigenvalue weighted by Gasteiger charge is -2.39. The minimum absolute atomic E-state index is 0.0704. The van der Waals surface area contributed by atoms with E-state index < -0.39 is 0 Å². The van der Waals surface area contributed by atoms with Crippen LogP contribution in [0.1, 0.15) is 39.2 Å². The van der Waals surface area contributed by atoms with Crippen LogP contribution in [0.25, 0.3) is 0 Å². The molecule has 0 saturated carbocycles. The SMILES string of the molecule is CCNC(Cc1ccc(I)cc1)C(CC)(CC)OC. The number of ether oxygens (including phenoxy) is 1. The molecule has 1 unspecified atom stereocenters. The average Bonchev–Trinajstić information content (AvgIpc) is 2.44. The van der Waals surface area contributed by atoms with E-state index in [9.17, 15) is 0 Å². The molecule has 1 atom stereocenters. The second kappa shape index (κ2) is 8.22. The molecule has 1 rings (SSSR count). The summed E-state index contributed by atoms with van der Waals surface area (Å²) in [5, 5.41) is 3.61. The summed E-state index contributed by atoms with van der Waals surface area (Å²) in [4.78, 5) is 0. The molecule has 2 nitrogen and oxygen atoms in total. The van der Waals surface area contributed by atoms with Crippen molar-refractivity contribution in [3.63, 3.8) is 0 Å².